The molecule has 0 fully saturated rings. The molecule has 136 valence electrons. The van der Waals surface area contributed by atoms with E-state index in [4.69, 9.17) is 14.5 Å². The average Bonchev–Trinajstić information content (AvgIpc) is 3.25. The van der Waals surface area contributed by atoms with Crippen molar-refractivity contribution in [3.63, 3.8) is 0 Å². The fraction of sp³-hybridized carbons (Fsp3) is 0.130. The number of hydrogen-bond acceptors (Lipinski definition) is 5. The molecular formula is C23H15NO3S. The number of carbonyl (C=O) groups is 1. The van der Waals surface area contributed by atoms with E-state index in [0.29, 0.717) is 0 Å². The maximum absolute atomic E-state index is 13.4. The number of rotatable bonds is 1. The maximum atomic E-state index is 13.4. The van der Waals surface area contributed by atoms with Gasteiger partial charge in [0.2, 0.25) is 6.79 Å². The first-order chi connectivity index (χ1) is 13.8. The van der Waals surface area contributed by atoms with Crippen LogP contribution in [-0.2, 0) is 0 Å². The molecule has 3 aromatic rings. The zero-order valence-corrected chi connectivity index (χ0v) is 15.6. The van der Waals surface area contributed by atoms with E-state index in [1.54, 1.807) is 11.8 Å². The Hall–Kier alpha value is -3.05. The summed E-state index contributed by atoms with van der Waals surface area (Å²) in [4.78, 5) is 19.4. The highest BCUT2D eigenvalue weighted by atomic mass is 32.2. The Kier molecular flexibility index (Phi) is 3.40. The lowest BCUT2D eigenvalue weighted by Crippen LogP contribution is -2.21. The van der Waals surface area contributed by atoms with Gasteiger partial charge in [0.05, 0.1) is 22.6 Å². The number of ether oxygens (including phenoxy) is 2. The van der Waals surface area contributed by atoms with E-state index < -0.39 is 0 Å². The molecule has 5 heteroatoms. The van der Waals surface area contributed by atoms with Gasteiger partial charge in [-0.05, 0) is 29.8 Å². The zero-order chi connectivity index (χ0) is 18.7. The number of nitrogens with zero attached hydrogens (tertiary/aromatic N) is 1. The standard InChI is InChI=1S/C23H15NO3S/c25-22-15-6-2-1-5-14(15)21-20(22)23(28-19-8-4-3-7-16(19)24-21)13-9-10-17-18(11-13)27-12-26-17/h1-11,20,23H,12H2/t20?,23-/m0/s1. The van der Waals surface area contributed by atoms with Gasteiger partial charge in [-0.3, -0.25) is 9.79 Å². The molecular weight excluding hydrogens is 370 g/mol. The summed E-state index contributed by atoms with van der Waals surface area (Å²) in [6.45, 7) is 0.236. The molecule has 0 spiro atoms. The summed E-state index contributed by atoms with van der Waals surface area (Å²) in [5.41, 5.74) is 4.53. The highest BCUT2D eigenvalue weighted by Crippen LogP contribution is 2.52. The number of aliphatic imine (C=N–C) groups is 1. The predicted molar refractivity (Wildman–Crippen MR) is 108 cm³/mol. The van der Waals surface area contributed by atoms with E-state index in [0.717, 1.165) is 44.5 Å². The monoisotopic (exact) mass is 385 g/mol. The molecule has 3 aliphatic rings. The second-order valence-electron chi connectivity index (χ2n) is 7.00. The van der Waals surface area contributed by atoms with Crippen molar-refractivity contribution < 1.29 is 14.3 Å². The summed E-state index contributed by atoms with van der Waals surface area (Å²) in [5.74, 6) is 1.29. The number of carbonyl (C=O) groups excluding carboxylic acids is 1. The van der Waals surface area contributed by atoms with E-state index in [-0.39, 0.29) is 23.7 Å². The van der Waals surface area contributed by atoms with Crippen LogP contribution in [0.5, 0.6) is 11.5 Å². The van der Waals surface area contributed by atoms with E-state index in [2.05, 4.69) is 6.07 Å². The van der Waals surface area contributed by atoms with Gasteiger partial charge in [0.15, 0.2) is 17.3 Å². The summed E-state index contributed by atoms with van der Waals surface area (Å²) < 4.78 is 11.0. The average molecular weight is 385 g/mol. The number of hydrogen-bond donors (Lipinski definition) is 0. The third-order valence-electron chi connectivity index (χ3n) is 5.43. The lowest BCUT2D eigenvalue weighted by molar-refractivity contribution is 0.0960. The van der Waals surface area contributed by atoms with E-state index >= 15 is 0 Å². The number of ketones is 1. The van der Waals surface area contributed by atoms with Crippen LogP contribution >= 0.6 is 11.8 Å². The molecule has 0 radical (unpaired) electrons. The first kappa shape index (κ1) is 16.0. The van der Waals surface area contributed by atoms with Crippen LogP contribution in [0.1, 0.15) is 26.7 Å². The quantitative estimate of drug-likeness (QED) is 0.578. The highest BCUT2D eigenvalue weighted by Gasteiger charge is 2.44. The Morgan fingerprint density at radius 3 is 2.61 bits per heavy atom. The van der Waals surface area contributed by atoms with Crippen LogP contribution in [0.2, 0.25) is 0 Å². The Morgan fingerprint density at radius 1 is 0.893 bits per heavy atom. The molecule has 2 aliphatic heterocycles. The molecule has 28 heavy (non-hydrogen) atoms. The first-order valence-corrected chi connectivity index (χ1v) is 10.0. The van der Waals surface area contributed by atoms with Crippen molar-refractivity contribution >= 4 is 28.9 Å². The van der Waals surface area contributed by atoms with Crippen molar-refractivity contribution in [3.05, 3.63) is 83.4 Å². The molecule has 4 nitrogen and oxygen atoms in total. The van der Waals surface area contributed by atoms with Gasteiger partial charge in [0, 0.05) is 16.0 Å². The SMILES string of the molecule is O=C1c2ccccc2C2=Nc3ccccc3S[C@@H](c3ccc4c(c3)OCO4)C12. The van der Waals surface area contributed by atoms with Gasteiger partial charge in [-0.25, -0.2) is 0 Å². The normalized spacial score (nSPS) is 21.4. The molecule has 0 N–H and O–H groups in total. The number of thioether (sulfide) groups is 1. The lowest BCUT2D eigenvalue weighted by atomic mass is 9.93. The molecule has 0 saturated heterocycles. The van der Waals surface area contributed by atoms with Crippen LogP contribution in [0.15, 0.2) is 76.6 Å². The maximum Gasteiger partial charge on any atom is 0.231 e. The summed E-state index contributed by atoms with van der Waals surface area (Å²) >= 11 is 1.70. The van der Waals surface area contributed by atoms with Crippen molar-refractivity contribution in [3.8, 4) is 11.5 Å². The molecule has 0 aromatic heterocycles. The Bertz CT molecular complexity index is 1170. The van der Waals surface area contributed by atoms with Gasteiger partial charge in [0.25, 0.3) is 0 Å². The van der Waals surface area contributed by atoms with Gasteiger partial charge in [-0.1, -0.05) is 42.5 Å². The molecule has 0 saturated carbocycles. The van der Waals surface area contributed by atoms with Gasteiger partial charge < -0.3 is 9.47 Å². The smallest absolute Gasteiger partial charge is 0.231 e. The predicted octanol–water partition coefficient (Wildman–Crippen LogP) is 5.20. The van der Waals surface area contributed by atoms with Crippen molar-refractivity contribution in [1.82, 2.24) is 0 Å². The van der Waals surface area contributed by atoms with Crippen molar-refractivity contribution in [2.45, 2.75) is 10.1 Å². The minimum absolute atomic E-state index is 0.0863. The molecule has 6 rings (SSSR count). The lowest BCUT2D eigenvalue weighted by Gasteiger charge is -2.21. The van der Waals surface area contributed by atoms with Crippen molar-refractivity contribution in [2.75, 3.05) is 6.79 Å². The summed E-state index contributed by atoms with van der Waals surface area (Å²) in [5, 5.41) is -0.0863. The third-order valence-corrected chi connectivity index (χ3v) is 6.83. The Morgan fingerprint density at radius 2 is 1.68 bits per heavy atom. The van der Waals surface area contributed by atoms with Crippen LogP contribution in [0.3, 0.4) is 0 Å². The van der Waals surface area contributed by atoms with Gasteiger partial charge in [0.1, 0.15) is 0 Å². The fourth-order valence-electron chi connectivity index (χ4n) is 4.13. The van der Waals surface area contributed by atoms with E-state index in [1.807, 2.05) is 60.7 Å². The third kappa shape index (κ3) is 2.26. The number of Topliss-reactive ketones (excluding diaryl/α,β-unsaturated/α-hetero) is 1. The van der Waals surface area contributed by atoms with Crippen LogP contribution in [0.4, 0.5) is 5.69 Å². The molecule has 1 unspecified atom stereocenters. The molecule has 0 bridgehead atoms. The molecule has 1 aliphatic carbocycles. The van der Waals surface area contributed by atoms with Crippen molar-refractivity contribution in [2.24, 2.45) is 10.9 Å². The van der Waals surface area contributed by atoms with Crippen LogP contribution in [0.25, 0.3) is 0 Å². The first-order valence-electron chi connectivity index (χ1n) is 9.17. The van der Waals surface area contributed by atoms with E-state index in [1.165, 1.54) is 0 Å². The second-order valence-corrected chi connectivity index (χ2v) is 8.19. The van der Waals surface area contributed by atoms with Crippen LogP contribution in [0, 0.1) is 5.92 Å². The fourth-order valence-corrected chi connectivity index (χ4v) is 5.46. The highest BCUT2D eigenvalue weighted by molar-refractivity contribution is 7.99. The Labute approximate surface area is 166 Å². The van der Waals surface area contributed by atoms with Crippen LogP contribution in [-0.4, -0.2) is 18.3 Å². The number of para-hydroxylation sites is 1. The van der Waals surface area contributed by atoms with Gasteiger partial charge in [-0.2, -0.15) is 0 Å². The largest absolute Gasteiger partial charge is 0.454 e. The van der Waals surface area contributed by atoms with E-state index in [9.17, 15) is 4.79 Å². The minimum Gasteiger partial charge on any atom is -0.454 e. The van der Waals surface area contributed by atoms with Gasteiger partial charge in [-0.15, -0.1) is 11.8 Å². The van der Waals surface area contributed by atoms with Gasteiger partial charge >= 0.3 is 0 Å². The summed E-state index contributed by atoms with van der Waals surface area (Å²) in [6, 6.07) is 21.8. The Balaban J connectivity index is 1.57. The summed E-state index contributed by atoms with van der Waals surface area (Å²) in [7, 11) is 0. The summed E-state index contributed by atoms with van der Waals surface area (Å²) in [6.07, 6.45) is 0. The minimum atomic E-state index is -0.324. The van der Waals surface area contributed by atoms with Crippen LogP contribution < -0.4 is 9.47 Å². The molecule has 2 heterocycles. The molecule has 0 amide bonds. The number of benzene rings is 3. The molecule has 2 atom stereocenters. The molecule has 3 aromatic carbocycles. The topological polar surface area (TPSA) is 47.9 Å². The number of fused-ring (bicyclic) bond motifs is 5. The second kappa shape index (κ2) is 5.97. The van der Waals surface area contributed by atoms with Crippen molar-refractivity contribution in [1.29, 1.82) is 0 Å². The zero-order valence-electron chi connectivity index (χ0n) is 14.8.